The second kappa shape index (κ2) is 7.69. The summed E-state index contributed by atoms with van der Waals surface area (Å²) >= 11 is 1.09. The molecule has 0 aliphatic carbocycles. The number of thioether (sulfide) groups is 1. The molecule has 7 heteroatoms. The molecule has 0 aromatic rings. The van der Waals surface area contributed by atoms with Gasteiger partial charge in [-0.25, -0.2) is 0 Å². The molecule has 0 fully saturated rings. The molecule has 0 aliphatic heterocycles. The fourth-order valence-corrected chi connectivity index (χ4v) is 0.976. The van der Waals surface area contributed by atoms with E-state index in [1.54, 1.807) is 7.11 Å². The van der Waals surface area contributed by atoms with Crippen LogP contribution in [0, 0.1) is 0 Å². The second-order valence-electron chi connectivity index (χ2n) is 2.10. The zero-order valence-electron chi connectivity index (χ0n) is 7.45. The minimum absolute atomic E-state index is 0.117. The SMILES string of the molecule is COCCNC(=O)CSC(N)=NN. The van der Waals surface area contributed by atoms with Crippen LogP contribution in [0.1, 0.15) is 0 Å². The van der Waals surface area contributed by atoms with Crippen LogP contribution in [0.3, 0.4) is 0 Å². The summed E-state index contributed by atoms with van der Waals surface area (Å²) in [5.74, 6) is 4.97. The van der Waals surface area contributed by atoms with Crippen LogP contribution in [-0.2, 0) is 9.53 Å². The standard InChI is InChI=1S/C6H14N4O2S/c1-12-3-2-9-5(11)4-13-6(7)10-8/h2-4,8H2,1H3,(H2,7,10)(H,9,11). The first-order valence-corrected chi connectivity index (χ1v) is 4.61. The number of nitrogens with zero attached hydrogens (tertiary/aromatic N) is 1. The molecule has 0 saturated carbocycles. The number of carbonyl (C=O) groups is 1. The molecule has 0 aromatic heterocycles. The number of amidine groups is 1. The van der Waals surface area contributed by atoms with Crippen molar-refractivity contribution in [1.29, 1.82) is 0 Å². The molecule has 0 radical (unpaired) electrons. The van der Waals surface area contributed by atoms with Crippen LogP contribution in [-0.4, -0.2) is 37.1 Å². The van der Waals surface area contributed by atoms with E-state index in [2.05, 4.69) is 10.4 Å². The zero-order chi connectivity index (χ0) is 10.1. The molecule has 0 aliphatic rings. The third-order valence-corrected chi connectivity index (χ3v) is 1.91. The highest BCUT2D eigenvalue weighted by Gasteiger charge is 2.01. The predicted molar refractivity (Wildman–Crippen MR) is 53.2 cm³/mol. The van der Waals surface area contributed by atoms with Gasteiger partial charge in [0, 0.05) is 13.7 Å². The van der Waals surface area contributed by atoms with Crippen molar-refractivity contribution in [2.75, 3.05) is 26.0 Å². The van der Waals surface area contributed by atoms with Crippen molar-refractivity contribution < 1.29 is 9.53 Å². The van der Waals surface area contributed by atoms with Crippen LogP contribution >= 0.6 is 11.8 Å². The van der Waals surface area contributed by atoms with Crippen molar-refractivity contribution in [3.05, 3.63) is 0 Å². The molecular formula is C6H14N4O2S. The van der Waals surface area contributed by atoms with Crippen LogP contribution in [0.5, 0.6) is 0 Å². The number of nitrogens with two attached hydrogens (primary N) is 2. The summed E-state index contributed by atoms with van der Waals surface area (Å²) < 4.78 is 4.75. The molecule has 0 saturated heterocycles. The first kappa shape index (κ1) is 12.0. The molecular weight excluding hydrogens is 192 g/mol. The van der Waals surface area contributed by atoms with Gasteiger partial charge in [-0.15, -0.1) is 0 Å². The lowest BCUT2D eigenvalue weighted by molar-refractivity contribution is -0.118. The number of methoxy groups -OCH3 is 1. The highest BCUT2D eigenvalue weighted by molar-refractivity contribution is 8.14. The molecule has 0 rings (SSSR count). The smallest absolute Gasteiger partial charge is 0.230 e. The van der Waals surface area contributed by atoms with E-state index >= 15 is 0 Å². The summed E-state index contributed by atoms with van der Waals surface area (Å²) in [4.78, 5) is 11.0. The number of hydrogen-bond donors (Lipinski definition) is 3. The van der Waals surface area contributed by atoms with Crippen LogP contribution in [0.2, 0.25) is 0 Å². The predicted octanol–water partition coefficient (Wildman–Crippen LogP) is -1.33. The van der Waals surface area contributed by atoms with Gasteiger partial charge in [0.05, 0.1) is 12.4 Å². The molecule has 0 spiro atoms. The van der Waals surface area contributed by atoms with Crippen molar-refractivity contribution in [1.82, 2.24) is 5.32 Å². The maximum Gasteiger partial charge on any atom is 0.230 e. The Morgan fingerprint density at radius 2 is 2.38 bits per heavy atom. The number of amides is 1. The molecule has 6 nitrogen and oxygen atoms in total. The topological polar surface area (TPSA) is 103 Å². The van der Waals surface area contributed by atoms with Crippen LogP contribution in [0.25, 0.3) is 0 Å². The Morgan fingerprint density at radius 3 is 2.92 bits per heavy atom. The van der Waals surface area contributed by atoms with Crippen molar-refractivity contribution >= 4 is 22.8 Å². The molecule has 1 amide bonds. The van der Waals surface area contributed by atoms with Gasteiger partial charge < -0.3 is 21.6 Å². The summed E-state index contributed by atoms with van der Waals surface area (Å²) in [5.41, 5.74) is 5.26. The summed E-state index contributed by atoms with van der Waals surface area (Å²) in [7, 11) is 1.57. The second-order valence-corrected chi connectivity index (χ2v) is 3.09. The quantitative estimate of drug-likeness (QED) is 0.170. The Hall–Kier alpha value is -0.950. The first-order valence-electron chi connectivity index (χ1n) is 3.62. The fraction of sp³-hybridized carbons (Fsp3) is 0.667. The minimum atomic E-state index is -0.117. The lowest BCUT2D eigenvalue weighted by Gasteiger charge is -2.02. The number of rotatable bonds is 5. The van der Waals surface area contributed by atoms with Gasteiger partial charge in [-0.3, -0.25) is 4.79 Å². The van der Waals surface area contributed by atoms with Crippen molar-refractivity contribution in [2.24, 2.45) is 16.7 Å². The normalized spacial score (nSPS) is 11.3. The van der Waals surface area contributed by atoms with E-state index in [1.165, 1.54) is 0 Å². The Bertz CT molecular complexity index is 185. The Morgan fingerprint density at radius 1 is 1.69 bits per heavy atom. The average molecular weight is 206 g/mol. The summed E-state index contributed by atoms with van der Waals surface area (Å²) in [6, 6.07) is 0. The van der Waals surface area contributed by atoms with Crippen LogP contribution in [0.15, 0.2) is 5.10 Å². The van der Waals surface area contributed by atoms with Gasteiger partial charge >= 0.3 is 0 Å². The minimum Gasteiger partial charge on any atom is -0.383 e. The molecule has 0 aromatic carbocycles. The highest BCUT2D eigenvalue weighted by atomic mass is 32.2. The largest absolute Gasteiger partial charge is 0.383 e. The highest BCUT2D eigenvalue weighted by Crippen LogP contribution is 1.96. The van der Waals surface area contributed by atoms with Crippen LogP contribution in [0.4, 0.5) is 0 Å². The maximum atomic E-state index is 11.0. The van der Waals surface area contributed by atoms with E-state index in [1.807, 2.05) is 0 Å². The van der Waals surface area contributed by atoms with Crippen LogP contribution < -0.4 is 16.9 Å². The number of hydrogen-bond acceptors (Lipinski definition) is 5. The molecule has 0 unspecified atom stereocenters. The van der Waals surface area contributed by atoms with Gasteiger partial charge in [-0.05, 0) is 0 Å². The van der Waals surface area contributed by atoms with Gasteiger partial charge in [-0.2, -0.15) is 5.10 Å². The third-order valence-electron chi connectivity index (χ3n) is 1.11. The van der Waals surface area contributed by atoms with Gasteiger partial charge in [-0.1, -0.05) is 11.8 Å². The summed E-state index contributed by atoms with van der Waals surface area (Å²) in [6.07, 6.45) is 0. The first-order chi connectivity index (χ1) is 6.20. The van der Waals surface area contributed by atoms with E-state index in [4.69, 9.17) is 16.3 Å². The number of nitrogens with one attached hydrogen (secondary N) is 1. The average Bonchev–Trinajstić information content (AvgIpc) is 2.14. The summed E-state index contributed by atoms with van der Waals surface area (Å²) in [5, 5.41) is 6.03. The monoisotopic (exact) mass is 206 g/mol. The van der Waals surface area contributed by atoms with E-state index in [0.29, 0.717) is 13.2 Å². The van der Waals surface area contributed by atoms with Gasteiger partial charge in [0.15, 0.2) is 5.17 Å². The Balaban J connectivity index is 3.41. The number of ether oxygens (including phenoxy) is 1. The van der Waals surface area contributed by atoms with Gasteiger partial charge in [0.1, 0.15) is 0 Å². The number of hydrazone groups is 1. The zero-order valence-corrected chi connectivity index (χ0v) is 8.26. The van der Waals surface area contributed by atoms with Gasteiger partial charge in [0.25, 0.3) is 0 Å². The molecule has 13 heavy (non-hydrogen) atoms. The van der Waals surface area contributed by atoms with Crippen molar-refractivity contribution in [2.45, 2.75) is 0 Å². The number of carbonyl (C=O) groups excluding carboxylic acids is 1. The van der Waals surface area contributed by atoms with E-state index in [0.717, 1.165) is 11.8 Å². The van der Waals surface area contributed by atoms with E-state index < -0.39 is 0 Å². The molecule has 5 N–H and O–H groups in total. The third kappa shape index (κ3) is 7.41. The fourth-order valence-electron chi connectivity index (χ4n) is 0.520. The molecule has 0 bridgehead atoms. The lowest BCUT2D eigenvalue weighted by atomic mass is 10.6. The Labute approximate surface area is 81.1 Å². The summed E-state index contributed by atoms with van der Waals surface area (Å²) in [6.45, 7) is 0.992. The molecule has 0 heterocycles. The van der Waals surface area contributed by atoms with Crippen molar-refractivity contribution in [3.63, 3.8) is 0 Å². The van der Waals surface area contributed by atoms with Crippen molar-refractivity contribution in [3.8, 4) is 0 Å². The van der Waals surface area contributed by atoms with E-state index in [-0.39, 0.29) is 16.8 Å². The van der Waals surface area contributed by atoms with E-state index in [9.17, 15) is 4.79 Å². The maximum absolute atomic E-state index is 11.0. The Kier molecular flexibility index (Phi) is 7.12. The lowest BCUT2D eigenvalue weighted by Crippen LogP contribution is -2.29. The van der Waals surface area contributed by atoms with Gasteiger partial charge in [0.2, 0.25) is 5.91 Å². The molecule has 76 valence electrons. The molecule has 0 atom stereocenters.